The van der Waals surface area contributed by atoms with Gasteiger partial charge >= 0.3 is 5.97 Å². The number of methoxy groups -OCH3 is 2. The minimum atomic E-state index is -1.11. The van der Waals surface area contributed by atoms with Crippen LogP contribution in [0.3, 0.4) is 0 Å². The van der Waals surface area contributed by atoms with Crippen LogP contribution in [0.25, 0.3) is 0 Å². The Kier molecular flexibility index (Phi) is 7.66. The summed E-state index contributed by atoms with van der Waals surface area (Å²) in [7, 11) is 2.96. The van der Waals surface area contributed by atoms with E-state index in [4.69, 9.17) is 14.2 Å². The maximum atomic E-state index is 12.9. The summed E-state index contributed by atoms with van der Waals surface area (Å²) in [5, 5.41) is 2.61. The second kappa shape index (κ2) is 10.6. The number of ether oxygens (including phenoxy) is 3. The first-order valence-electron chi connectivity index (χ1n) is 10.6. The molecule has 9 heteroatoms. The highest BCUT2D eigenvalue weighted by atomic mass is 16.5. The molecule has 174 valence electrons. The molecule has 1 heterocycles. The lowest BCUT2D eigenvalue weighted by molar-refractivity contribution is -0.151. The second-order valence-corrected chi connectivity index (χ2v) is 7.41. The number of hydrogen-bond acceptors (Lipinski definition) is 7. The quantitative estimate of drug-likeness (QED) is 0.434. The van der Waals surface area contributed by atoms with E-state index < -0.39 is 36.3 Å². The third-order valence-corrected chi connectivity index (χ3v) is 5.27. The zero-order valence-electron chi connectivity index (χ0n) is 18.8. The third-order valence-electron chi connectivity index (χ3n) is 5.27. The van der Waals surface area contributed by atoms with Crippen LogP contribution >= 0.6 is 0 Å². The molecule has 3 amide bonds. The largest absolute Gasteiger partial charge is 0.497 e. The number of imide groups is 1. The first-order chi connectivity index (χ1) is 15.9. The lowest BCUT2D eigenvalue weighted by Gasteiger charge is -2.24. The minimum absolute atomic E-state index is 0.245. The van der Waals surface area contributed by atoms with Crippen molar-refractivity contribution in [1.82, 2.24) is 4.90 Å². The number of carbonyl (C=O) groups excluding carboxylic acids is 4. The lowest BCUT2D eigenvalue weighted by Crippen LogP contribution is -2.46. The van der Waals surface area contributed by atoms with Crippen LogP contribution in [0.15, 0.2) is 42.5 Å². The van der Waals surface area contributed by atoms with Crippen molar-refractivity contribution in [2.45, 2.75) is 32.2 Å². The summed E-state index contributed by atoms with van der Waals surface area (Å²) in [5.74, 6) is -1.56. The summed E-state index contributed by atoms with van der Waals surface area (Å²) in [6.45, 7) is 1.35. The van der Waals surface area contributed by atoms with Crippen LogP contribution in [0.1, 0.15) is 46.9 Å². The van der Waals surface area contributed by atoms with Crippen LogP contribution in [0.5, 0.6) is 11.5 Å². The summed E-state index contributed by atoms with van der Waals surface area (Å²) in [4.78, 5) is 51.8. The van der Waals surface area contributed by atoms with Crippen LogP contribution < -0.4 is 14.8 Å². The molecule has 0 spiro atoms. The molecular weight excluding hydrogens is 428 g/mol. The van der Waals surface area contributed by atoms with Gasteiger partial charge in [-0.05, 0) is 30.7 Å². The van der Waals surface area contributed by atoms with E-state index in [0.717, 1.165) is 11.3 Å². The van der Waals surface area contributed by atoms with Crippen molar-refractivity contribution in [3.63, 3.8) is 0 Å². The number of amides is 3. The van der Waals surface area contributed by atoms with Gasteiger partial charge in [0.05, 0.1) is 31.0 Å². The maximum absolute atomic E-state index is 12.9. The monoisotopic (exact) mass is 454 g/mol. The Balaban J connectivity index is 1.68. The number of carbonyl (C=O) groups is 4. The zero-order chi connectivity index (χ0) is 24.0. The van der Waals surface area contributed by atoms with E-state index in [2.05, 4.69) is 5.32 Å². The Labute approximate surface area is 191 Å². The van der Waals surface area contributed by atoms with Gasteiger partial charge in [0, 0.05) is 6.07 Å². The van der Waals surface area contributed by atoms with Gasteiger partial charge in [0.25, 0.3) is 17.7 Å². The average Bonchev–Trinajstić information content (AvgIpc) is 3.08. The highest BCUT2D eigenvalue weighted by Crippen LogP contribution is 2.29. The van der Waals surface area contributed by atoms with Crippen molar-refractivity contribution in [3.8, 4) is 11.5 Å². The molecule has 2 aromatic rings. The van der Waals surface area contributed by atoms with Crippen molar-refractivity contribution in [3.05, 3.63) is 53.6 Å². The van der Waals surface area contributed by atoms with Crippen molar-refractivity contribution < 1.29 is 33.4 Å². The summed E-state index contributed by atoms with van der Waals surface area (Å²) in [6.07, 6.45) is 1.60. The summed E-state index contributed by atoms with van der Waals surface area (Å²) in [6, 6.07) is 10.1. The number of fused-ring (bicyclic) bond motifs is 1. The molecule has 0 unspecified atom stereocenters. The number of hydrogen-bond donors (Lipinski definition) is 1. The standard InChI is InChI=1S/C24H26N2O7/c1-4-5-10-19(26-22(28)16-8-6-7-9-17(16)23(26)29)24(30)33-14-21(27)25-18-12-11-15(31-2)13-20(18)32-3/h6-9,11-13,19H,4-5,10,14H2,1-3H3,(H,25,27)/t19-/m0/s1. The van der Waals surface area contributed by atoms with E-state index in [0.29, 0.717) is 23.6 Å². The van der Waals surface area contributed by atoms with Gasteiger partial charge in [0.1, 0.15) is 17.5 Å². The average molecular weight is 454 g/mol. The maximum Gasteiger partial charge on any atom is 0.329 e. The summed E-state index contributed by atoms with van der Waals surface area (Å²) >= 11 is 0. The molecule has 1 aliphatic rings. The van der Waals surface area contributed by atoms with E-state index in [-0.39, 0.29) is 17.5 Å². The molecule has 1 atom stereocenters. The molecular formula is C24H26N2O7. The van der Waals surface area contributed by atoms with Gasteiger partial charge in [-0.15, -0.1) is 0 Å². The van der Waals surface area contributed by atoms with Gasteiger partial charge in [-0.3, -0.25) is 19.3 Å². The van der Waals surface area contributed by atoms with E-state index in [1.165, 1.54) is 14.2 Å². The Bertz CT molecular complexity index is 1030. The number of benzene rings is 2. The predicted octanol–water partition coefficient (Wildman–Crippen LogP) is 3.04. The number of nitrogens with zero attached hydrogens (tertiary/aromatic N) is 1. The number of nitrogens with one attached hydrogen (secondary N) is 1. The van der Waals surface area contributed by atoms with Crippen LogP contribution in [0.2, 0.25) is 0 Å². The highest BCUT2D eigenvalue weighted by molar-refractivity contribution is 6.22. The number of anilines is 1. The van der Waals surface area contributed by atoms with Gasteiger partial charge in [0.15, 0.2) is 6.61 Å². The molecule has 33 heavy (non-hydrogen) atoms. The SMILES string of the molecule is CCCC[C@@H](C(=O)OCC(=O)Nc1ccc(OC)cc1OC)N1C(=O)c2ccccc2C1=O. The Morgan fingerprint density at radius 2 is 1.67 bits per heavy atom. The van der Waals surface area contributed by atoms with Crippen LogP contribution in [0.4, 0.5) is 5.69 Å². The predicted molar refractivity (Wildman–Crippen MR) is 119 cm³/mol. The van der Waals surface area contributed by atoms with Crippen molar-refractivity contribution in [1.29, 1.82) is 0 Å². The molecule has 0 aromatic heterocycles. The molecule has 2 aromatic carbocycles. The van der Waals surface area contributed by atoms with Crippen molar-refractivity contribution >= 4 is 29.4 Å². The van der Waals surface area contributed by atoms with Crippen LogP contribution in [0, 0.1) is 0 Å². The smallest absolute Gasteiger partial charge is 0.329 e. The first-order valence-corrected chi connectivity index (χ1v) is 10.6. The van der Waals surface area contributed by atoms with Gasteiger partial charge < -0.3 is 19.5 Å². The molecule has 9 nitrogen and oxygen atoms in total. The van der Waals surface area contributed by atoms with E-state index >= 15 is 0 Å². The lowest BCUT2D eigenvalue weighted by atomic mass is 10.1. The van der Waals surface area contributed by atoms with Gasteiger partial charge in [-0.1, -0.05) is 31.9 Å². The Hall–Kier alpha value is -3.88. The fourth-order valence-electron chi connectivity index (χ4n) is 3.56. The fraction of sp³-hybridized carbons (Fsp3) is 0.333. The van der Waals surface area contributed by atoms with E-state index in [9.17, 15) is 19.2 Å². The minimum Gasteiger partial charge on any atom is -0.497 e. The van der Waals surface area contributed by atoms with Gasteiger partial charge in [-0.25, -0.2) is 4.79 Å². The van der Waals surface area contributed by atoms with Gasteiger partial charge in [0.2, 0.25) is 0 Å². The molecule has 3 rings (SSSR count). The fourth-order valence-corrected chi connectivity index (χ4v) is 3.56. The molecule has 0 bridgehead atoms. The van der Waals surface area contributed by atoms with E-state index in [1.54, 1.807) is 42.5 Å². The molecule has 0 saturated carbocycles. The normalized spacial score (nSPS) is 13.4. The molecule has 0 saturated heterocycles. The molecule has 0 fully saturated rings. The second-order valence-electron chi connectivity index (χ2n) is 7.41. The van der Waals surface area contributed by atoms with Crippen LogP contribution in [-0.4, -0.2) is 55.5 Å². The first kappa shape index (κ1) is 23.8. The van der Waals surface area contributed by atoms with E-state index in [1.807, 2.05) is 6.92 Å². The zero-order valence-corrected chi connectivity index (χ0v) is 18.8. The van der Waals surface area contributed by atoms with Gasteiger partial charge in [-0.2, -0.15) is 0 Å². The topological polar surface area (TPSA) is 111 Å². The van der Waals surface area contributed by atoms with Crippen molar-refractivity contribution in [2.75, 3.05) is 26.1 Å². The summed E-state index contributed by atoms with van der Waals surface area (Å²) < 4.78 is 15.6. The van der Waals surface area contributed by atoms with Crippen LogP contribution in [-0.2, 0) is 14.3 Å². The third kappa shape index (κ3) is 5.14. The molecule has 1 N–H and O–H groups in total. The molecule has 1 aliphatic heterocycles. The Morgan fingerprint density at radius 1 is 1.00 bits per heavy atom. The highest BCUT2D eigenvalue weighted by Gasteiger charge is 2.43. The number of esters is 1. The number of unbranched alkanes of at least 4 members (excludes halogenated alkanes) is 1. The van der Waals surface area contributed by atoms with Crippen molar-refractivity contribution in [2.24, 2.45) is 0 Å². The number of rotatable bonds is 10. The Morgan fingerprint density at radius 3 is 2.24 bits per heavy atom. The summed E-state index contributed by atoms with van der Waals surface area (Å²) in [5.41, 5.74) is 0.879. The molecule has 0 radical (unpaired) electrons. The molecule has 0 aliphatic carbocycles.